The maximum Gasteiger partial charge on any atom is 0.139 e. The summed E-state index contributed by atoms with van der Waals surface area (Å²) in [5, 5.41) is 4.28. The molecule has 3 N–H and O–H groups in total. The van der Waals surface area contributed by atoms with E-state index in [1.54, 1.807) is 7.11 Å². The van der Waals surface area contributed by atoms with Gasteiger partial charge in [0.1, 0.15) is 10.8 Å². The third-order valence-electron chi connectivity index (χ3n) is 2.40. The van der Waals surface area contributed by atoms with Crippen molar-refractivity contribution in [1.29, 1.82) is 0 Å². The van der Waals surface area contributed by atoms with Crippen molar-refractivity contribution in [3.05, 3.63) is 41.5 Å². The molecule has 0 radical (unpaired) electrons. The largest absolute Gasteiger partial charge is 0.383 e. The zero-order valence-corrected chi connectivity index (χ0v) is 10.5. The van der Waals surface area contributed by atoms with Crippen LogP contribution < -0.4 is 11.1 Å². The molecule has 90 valence electrons. The van der Waals surface area contributed by atoms with E-state index in [1.165, 1.54) is 22.7 Å². The fourth-order valence-corrected chi connectivity index (χ4v) is 2.15. The van der Waals surface area contributed by atoms with Crippen LogP contribution in [0.4, 0.5) is 10.8 Å². The maximum atomic E-state index is 5.56. The van der Waals surface area contributed by atoms with Gasteiger partial charge >= 0.3 is 0 Å². The van der Waals surface area contributed by atoms with Crippen molar-refractivity contribution < 1.29 is 4.74 Å². The minimum absolute atomic E-state index is 0.558. The van der Waals surface area contributed by atoms with Crippen molar-refractivity contribution >= 4 is 22.4 Å². The molecule has 0 atom stereocenters. The van der Waals surface area contributed by atoms with Crippen LogP contribution in [0, 0.1) is 0 Å². The smallest absolute Gasteiger partial charge is 0.139 e. The zero-order chi connectivity index (χ0) is 12.1. The Hall–Kier alpha value is -1.59. The Morgan fingerprint density at radius 3 is 2.76 bits per heavy atom. The van der Waals surface area contributed by atoms with Gasteiger partial charge in [-0.1, -0.05) is 24.3 Å². The van der Waals surface area contributed by atoms with Gasteiger partial charge in [-0.25, -0.2) is 0 Å². The van der Waals surface area contributed by atoms with Gasteiger partial charge < -0.3 is 15.8 Å². The van der Waals surface area contributed by atoms with E-state index >= 15 is 0 Å². The van der Waals surface area contributed by atoms with Crippen molar-refractivity contribution in [2.75, 3.05) is 18.2 Å². The van der Waals surface area contributed by atoms with Gasteiger partial charge in [0, 0.05) is 19.7 Å². The van der Waals surface area contributed by atoms with E-state index in [1.807, 2.05) is 18.2 Å². The number of hydrogen-bond donors (Lipinski definition) is 2. The fraction of sp³-hybridized carbons (Fsp3) is 0.250. The number of ether oxygens (including phenoxy) is 1. The summed E-state index contributed by atoms with van der Waals surface area (Å²) in [4.78, 5) is 0. The van der Waals surface area contributed by atoms with Crippen molar-refractivity contribution in [2.45, 2.75) is 13.2 Å². The number of nitrogens with one attached hydrogen (secondary N) is 1. The summed E-state index contributed by atoms with van der Waals surface area (Å²) in [5.74, 6) is 0.558. The first-order valence-corrected chi connectivity index (χ1v) is 6.08. The lowest BCUT2D eigenvalue weighted by atomic mass is 10.1. The molecule has 2 rings (SSSR count). The topological polar surface area (TPSA) is 60.2 Å². The second kappa shape index (κ2) is 5.65. The van der Waals surface area contributed by atoms with Crippen molar-refractivity contribution in [2.24, 2.45) is 0 Å². The molecule has 0 unspecified atom stereocenters. The number of benzene rings is 1. The van der Waals surface area contributed by atoms with Crippen LogP contribution in [0.15, 0.2) is 30.3 Å². The average molecular weight is 249 g/mol. The van der Waals surface area contributed by atoms with Crippen LogP contribution in [-0.4, -0.2) is 11.5 Å². The van der Waals surface area contributed by atoms with Crippen LogP contribution in [0.5, 0.6) is 0 Å². The summed E-state index contributed by atoms with van der Waals surface area (Å²) in [6.45, 7) is 1.38. The lowest BCUT2D eigenvalue weighted by Gasteiger charge is -2.09. The summed E-state index contributed by atoms with van der Waals surface area (Å²) in [7, 11) is 1.70. The molecule has 5 heteroatoms. The van der Waals surface area contributed by atoms with Gasteiger partial charge in [0.15, 0.2) is 0 Å². The van der Waals surface area contributed by atoms with Gasteiger partial charge in [-0.2, -0.15) is 4.37 Å². The summed E-state index contributed by atoms with van der Waals surface area (Å²) in [6, 6.07) is 10.0. The van der Waals surface area contributed by atoms with Crippen LogP contribution in [0.1, 0.15) is 11.1 Å². The summed E-state index contributed by atoms with van der Waals surface area (Å²) in [6.07, 6.45) is 0. The van der Waals surface area contributed by atoms with E-state index < -0.39 is 0 Å². The molecular weight excluding hydrogens is 234 g/mol. The molecule has 1 aromatic heterocycles. The second-order valence-corrected chi connectivity index (χ2v) is 4.48. The Labute approximate surface area is 105 Å². The van der Waals surface area contributed by atoms with Crippen LogP contribution in [0.3, 0.4) is 0 Å². The van der Waals surface area contributed by atoms with E-state index in [0.717, 1.165) is 11.5 Å². The lowest BCUT2D eigenvalue weighted by molar-refractivity contribution is 0.184. The summed E-state index contributed by atoms with van der Waals surface area (Å²) >= 11 is 1.37. The molecule has 0 saturated heterocycles. The van der Waals surface area contributed by atoms with E-state index in [2.05, 4.69) is 21.8 Å². The highest BCUT2D eigenvalue weighted by Crippen LogP contribution is 2.19. The molecular formula is C12H15N3OS. The minimum atomic E-state index is 0.558. The summed E-state index contributed by atoms with van der Waals surface area (Å²) in [5.41, 5.74) is 7.98. The Kier molecular flexibility index (Phi) is 3.95. The SMILES string of the molecule is COCc1ccccc1CNc1cc(N)ns1. The third-order valence-corrected chi connectivity index (χ3v) is 3.16. The van der Waals surface area contributed by atoms with Gasteiger partial charge in [-0.15, -0.1) is 0 Å². The van der Waals surface area contributed by atoms with Crippen LogP contribution in [0.2, 0.25) is 0 Å². The number of aromatic nitrogens is 1. The van der Waals surface area contributed by atoms with Gasteiger partial charge in [-0.05, 0) is 22.7 Å². The number of nitrogens with zero attached hydrogens (tertiary/aromatic N) is 1. The first-order chi connectivity index (χ1) is 8.29. The molecule has 0 fully saturated rings. The zero-order valence-electron chi connectivity index (χ0n) is 9.64. The Morgan fingerprint density at radius 1 is 1.35 bits per heavy atom. The number of nitrogens with two attached hydrogens (primary N) is 1. The van der Waals surface area contributed by atoms with E-state index in [-0.39, 0.29) is 0 Å². The molecule has 0 spiro atoms. The first-order valence-electron chi connectivity index (χ1n) is 5.31. The van der Waals surface area contributed by atoms with Crippen molar-refractivity contribution in [3.63, 3.8) is 0 Å². The van der Waals surface area contributed by atoms with Gasteiger partial charge in [0.25, 0.3) is 0 Å². The van der Waals surface area contributed by atoms with E-state index in [4.69, 9.17) is 10.5 Å². The highest BCUT2D eigenvalue weighted by molar-refractivity contribution is 7.10. The molecule has 0 bridgehead atoms. The molecule has 0 aliphatic heterocycles. The number of rotatable bonds is 5. The molecule has 4 nitrogen and oxygen atoms in total. The second-order valence-electron chi connectivity index (χ2n) is 3.67. The number of hydrogen-bond acceptors (Lipinski definition) is 5. The van der Waals surface area contributed by atoms with Crippen LogP contribution in [-0.2, 0) is 17.9 Å². The van der Waals surface area contributed by atoms with Crippen molar-refractivity contribution in [3.8, 4) is 0 Å². The molecule has 17 heavy (non-hydrogen) atoms. The van der Waals surface area contributed by atoms with E-state index in [9.17, 15) is 0 Å². The minimum Gasteiger partial charge on any atom is -0.383 e. The van der Waals surface area contributed by atoms with Gasteiger partial charge in [-0.3, -0.25) is 0 Å². The Balaban J connectivity index is 2.03. The van der Waals surface area contributed by atoms with Crippen molar-refractivity contribution in [1.82, 2.24) is 4.37 Å². The van der Waals surface area contributed by atoms with Crippen LogP contribution >= 0.6 is 11.5 Å². The monoisotopic (exact) mass is 249 g/mol. The Bertz CT molecular complexity index is 484. The quantitative estimate of drug-likeness (QED) is 0.854. The lowest BCUT2D eigenvalue weighted by Crippen LogP contribution is -2.02. The number of methoxy groups -OCH3 is 1. The molecule has 2 aromatic rings. The molecule has 0 aliphatic rings. The highest BCUT2D eigenvalue weighted by Gasteiger charge is 2.02. The normalized spacial score (nSPS) is 10.4. The molecule has 1 aromatic carbocycles. The standard InChI is InChI=1S/C12H15N3OS/c1-16-8-10-5-3-2-4-9(10)7-14-12-6-11(13)15-17-12/h2-6,14H,7-8H2,1H3,(H2,13,15). The predicted octanol–water partition coefficient (Wildman–Crippen LogP) is 2.48. The molecule has 1 heterocycles. The molecule has 0 amide bonds. The number of nitrogen functional groups attached to an aromatic ring is 1. The molecule has 0 aliphatic carbocycles. The highest BCUT2D eigenvalue weighted by atomic mass is 32.1. The first kappa shape index (κ1) is 11.9. The maximum absolute atomic E-state index is 5.56. The average Bonchev–Trinajstić information content (AvgIpc) is 2.74. The Morgan fingerprint density at radius 2 is 2.12 bits per heavy atom. The fourth-order valence-electron chi connectivity index (χ4n) is 1.58. The van der Waals surface area contributed by atoms with Crippen LogP contribution in [0.25, 0.3) is 0 Å². The third kappa shape index (κ3) is 3.18. The molecule has 0 saturated carbocycles. The summed E-state index contributed by atoms with van der Waals surface area (Å²) < 4.78 is 9.19. The predicted molar refractivity (Wildman–Crippen MR) is 71.0 cm³/mol. The van der Waals surface area contributed by atoms with E-state index in [0.29, 0.717) is 12.4 Å². The van der Waals surface area contributed by atoms with Gasteiger partial charge in [0.05, 0.1) is 6.61 Å². The number of anilines is 2. The van der Waals surface area contributed by atoms with Gasteiger partial charge in [0.2, 0.25) is 0 Å².